The monoisotopic (exact) mass is 409 g/mol. The third kappa shape index (κ3) is 3.18. The van der Waals surface area contributed by atoms with E-state index < -0.39 is 0 Å². The summed E-state index contributed by atoms with van der Waals surface area (Å²) in [7, 11) is 0. The van der Waals surface area contributed by atoms with Crippen molar-refractivity contribution in [2.24, 2.45) is 0 Å². The fraction of sp³-hybridized carbons (Fsp3) is 0.318. The molecule has 0 amide bonds. The van der Waals surface area contributed by atoms with Gasteiger partial charge in [-0.15, -0.1) is 0 Å². The molecule has 134 valence electrons. The minimum Gasteiger partial charge on any atom is -0.370 e. The first-order valence-corrected chi connectivity index (χ1v) is 10.2. The summed E-state index contributed by atoms with van der Waals surface area (Å²) in [6, 6.07) is 17.1. The first kappa shape index (κ1) is 17.3. The summed E-state index contributed by atoms with van der Waals surface area (Å²) in [6.45, 7) is 5.48. The SMILES string of the molecule is CC(C)c1ccccc1-n1nc(-c2ccc(Br)cc2)c2c1NCCCC2. The molecule has 3 nitrogen and oxygen atoms in total. The summed E-state index contributed by atoms with van der Waals surface area (Å²) in [4.78, 5) is 0. The van der Waals surface area contributed by atoms with Gasteiger partial charge in [-0.2, -0.15) is 5.10 Å². The van der Waals surface area contributed by atoms with Crippen LogP contribution >= 0.6 is 15.9 Å². The number of halogens is 1. The Morgan fingerprint density at radius 3 is 2.58 bits per heavy atom. The number of nitrogens with zero attached hydrogens (tertiary/aromatic N) is 2. The molecule has 1 N–H and O–H groups in total. The second-order valence-corrected chi connectivity index (χ2v) is 8.11. The number of hydrogen-bond acceptors (Lipinski definition) is 2. The highest BCUT2D eigenvalue weighted by Crippen LogP contribution is 2.36. The average molecular weight is 410 g/mol. The van der Waals surface area contributed by atoms with Gasteiger partial charge in [0.25, 0.3) is 0 Å². The van der Waals surface area contributed by atoms with E-state index >= 15 is 0 Å². The van der Waals surface area contributed by atoms with Crippen molar-refractivity contribution in [3.63, 3.8) is 0 Å². The molecule has 1 aliphatic rings. The molecule has 0 spiro atoms. The molecule has 1 aliphatic heterocycles. The van der Waals surface area contributed by atoms with Gasteiger partial charge in [0.15, 0.2) is 0 Å². The van der Waals surface area contributed by atoms with Crippen LogP contribution < -0.4 is 5.32 Å². The van der Waals surface area contributed by atoms with Crippen LogP contribution in [0.15, 0.2) is 53.0 Å². The van der Waals surface area contributed by atoms with E-state index in [2.05, 4.69) is 88.3 Å². The van der Waals surface area contributed by atoms with E-state index in [9.17, 15) is 0 Å². The minimum atomic E-state index is 0.452. The van der Waals surface area contributed by atoms with Crippen molar-refractivity contribution in [2.75, 3.05) is 11.9 Å². The summed E-state index contributed by atoms with van der Waals surface area (Å²) >= 11 is 3.53. The highest BCUT2D eigenvalue weighted by molar-refractivity contribution is 9.10. The number of hydrogen-bond donors (Lipinski definition) is 1. The van der Waals surface area contributed by atoms with Crippen molar-refractivity contribution in [1.82, 2.24) is 9.78 Å². The third-order valence-corrected chi connectivity index (χ3v) is 5.56. The van der Waals surface area contributed by atoms with Gasteiger partial charge >= 0.3 is 0 Å². The normalized spacial score (nSPS) is 14.0. The molecule has 0 atom stereocenters. The number of nitrogens with one attached hydrogen (secondary N) is 1. The maximum atomic E-state index is 5.09. The van der Waals surface area contributed by atoms with Crippen molar-refractivity contribution in [2.45, 2.75) is 39.0 Å². The quantitative estimate of drug-likeness (QED) is 0.559. The molecule has 2 aromatic carbocycles. The largest absolute Gasteiger partial charge is 0.370 e. The zero-order chi connectivity index (χ0) is 18.1. The molecule has 0 saturated heterocycles. The van der Waals surface area contributed by atoms with Gasteiger partial charge in [0, 0.05) is 22.1 Å². The summed E-state index contributed by atoms with van der Waals surface area (Å²) < 4.78 is 3.22. The fourth-order valence-electron chi connectivity index (χ4n) is 3.68. The maximum absolute atomic E-state index is 5.09. The highest BCUT2D eigenvalue weighted by Gasteiger charge is 2.23. The lowest BCUT2D eigenvalue weighted by molar-refractivity contribution is 0.776. The summed E-state index contributed by atoms with van der Waals surface area (Å²) in [6.07, 6.45) is 3.46. The van der Waals surface area contributed by atoms with Gasteiger partial charge in [-0.3, -0.25) is 0 Å². The van der Waals surface area contributed by atoms with Gasteiger partial charge in [-0.1, -0.05) is 60.1 Å². The topological polar surface area (TPSA) is 29.9 Å². The smallest absolute Gasteiger partial charge is 0.133 e. The van der Waals surface area contributed by atoms with Crippen LogP contribution in [-0.4, -0.2) is 16.3 Å². The third-order valence-electron chi connectivity index (χ3n) is 5.03. The zero-order valence-electron chi connectivity index (χ0n) is 15.3. The Hall–Kier alpha value is -2.07. The van der Waals surface area contributed by atoms with Crippen molar-refractivity contribution in [3.05, 3.63) is 64.1 Å². The van der Waals surface area contributed by atoms with Crippen LogP contribution in [0.1, 0.15) is 43.7 Å². The standard InChI is InChI=1S/C22H24BrN3/c1-15(2)18-7-3-4-9-20(18)26-22-19(8-5-6-14-24-22)21(25-26)16-10-12-17(23)13-11-16/h3-4,7,9-13,15,24H,5-6,8,14H2,1-2H3. The summed E-state index contributed by atoms with van der Waals surface area (Å²) in [5.74, 6) is 1.61. The van der Waals surface area contributed by atoms with Gasteiger partial charge in [-0.05, 0) is 48.9 Å². The van der Waals surface area contributed by atoms with E-state index in [1.807, 2.05) is 0 Å². The number of rotatable bonds is 3. The van der Waals surface area contributed by atoms with Crippen LogP contribution in [0.25, 0.3) is 16.9 Å². The minimum absolute atomic E-state index is 0.452. The van der Waals surface area contributed by atoms with E-state index in [0.717, 1.165) is 29.0 Å². The van der Waals surface area contributed by atoms with E-state index in [1.54, 1.807) is 0 Å². The molecule has 2 heterocycles. The van der Waals surface area contributed by atoms with Crippen molar-refractivity contribution in [1.29, 1.82) is 0 Å². The van der Waals surface area contributed by atoms with Crippen LogP contribution in [0.5, 0.6) is 0 Å². The summed E-state index contributed by atoms with van der Waals surface area (Å²) in [5.41, 5.74) is 6.11. The number of aromatic nitrogens is 2. The Morgan fingerprint density at radius 1 is 1.04 bits per heavy atom. The molecule has 3 aromatic rings. The molecule has 0 bridgehead atoms. The van der Waals surface area contributed by atoms with Gasteiger partial charge in [-0.25, -0.2) is 4.68 Å². The van der Waals surface area contributed by atoms with Crippen LogP contribution in [0.2, 0.25) is 0 Å². The Labute approximate surface area is 163 Å². The first-order chi connectivity index (χ1) is 12.6. The van der Waals surface area contributed by atoms with E-state index in [1.165, 1.54) is 35.2 Å². The molecule has 0 saturated carbocycles. The Morgan fingerprint density at radius 2 is 1.81 bits per heavy atom. The van der Waals surface area contributed by atoms with Gasteiger partial charge < -0.3 is 5.32 Å². The molecule has 4 rings (SSSR count). The molecular formula is C22H24BrN3. The van der Waals surface area contributed by atoms with E-state index in [4.69, 9.17) is 5.10 Å². The van der Waals surface area contributed by atoms with Crippen LogP contribution in [0, 0.1) is 0 Å². The molecule has 0 fully saturated rings. The highest BCUT2D eigenvalue weighted by atomic mass is 79.9. The Bertz CT molecular complexity index is 910. The lowest BCUT2D eigenvalue weighted by atomic mass is 10.0. The summed E-state index contributed by atoms with van der Waals surface area (Å²) in [5, 5.41) is 8.74. The predicted octanol–water partition coefficient (Wildman–Crippen LogP) is 6.17. The predicted molar refractivity (Wildman–Crippen MR) is 112 cm³/mol. The fourth-order valence-corrected chi connectivity index (χ4v) is 3.95. The van der Waals surface area contributed by atoms with E-state index in [0.29, 0.717) is 5.92 Å². The van der Waals surface area contributed by atoms with Crippen molar-refractivity contribution < 1.29 is 0 Å². The lowest BCUT2D eigenvalue weighted by Gasteiger charge is -2.15. The Balaban J connectivity index is 1.92. The van der Waals surface area contributed by atoms with Crippen LogP contribution in [-0.2, 0) is 6.42 Å². The van der Waals surface area contributed by atoms with Crippen molar-refractivity contribution >= 4 is 21.7 Å². The van der Waals surface area contributed by atoms with Gasteiger partial charge in [0.2, 0.25) is 0 Å². The zero-order valence-corrected chi connectivity index (χ0v) is 16.9. The number of fused-ring (bicyclic) bond motifs is 1. The first-order valence-electron chi connectivity index (χ1n) is 9.36. The van der Waals surface area contributed by atoms with Crippen LogP contribution in [0.4, 0.5) is 5.82 Å². The number of para-hydroxylation sites is 1. The molecule has 1 aromatic heterocycles. The molecular weight excluding hydrogens is 386 g/mol. The molecule has 0 radical (unpaired) electrons. The average Bonchev–Trinajstić information content (AvgIpc) is 2.84. The van der Waals surface area contributed by atoms with Gasteiger partial charge in [0.05, 0.1) is 11.4 Å². The second-order valence-electron chi connectivity index (χ2n) is 7.19. The molecule has 4 heteroatoms. The maximum Gasteiger partial charge on any atom is 0.133 e. The number of benzene rings is 2. The lowest BCUT2D eigenvalue weighted by Crippen LogP contribution is -2.09. The Kier molecular flexibility index (Phi) is 4.86. The van der Waals surface area contributed by atoms with Crippen molar-refractivity contribution in [3.8, 4) is 16.9 Å². The molecule has 0 unspecified atom stereocenters. The second kappa shape index (κ2) is 7.28. The molecule has 0 aliphatic carbocycles. The van der Waals surface area contributed by atoms with Gasteiger partial charge in [0.1, 0.15) is 5.82 Å². The van der Waals surface area contributed by atoms with Crippen LogP contribution in [0.3, 0.4) is 0 Å². The number of anilines is 1. The molecule has 26 heavy (non-hydrogen) atoms. The van der Waals surface area contributed by atoms with E-state index in [-0.39, 0.29) is 0 Å².